The van der Waals surface area contributed by atoms with Gasteiger partial charge in [0.05, 0.1) is 10.5 Å². The molecule has 1 aliphatic rings. The van der Waals surface area contributed by atoms with Crippen LogP contribution in [0.4, 0.5) is 11.4 Å². The number of hydrogen-bond donors (Lipinski definition) is 2. The third-order valence-corrected chi connectivity index (χ3v) is 3.34. The average molecular weight is 290 g/mol. The molecule has 1 aromatic rings. The molecule has 0 saturated heterocycles. The van der Waals surface area contributed by atoms with Crippen molar-refractivity contribution in [3.8, 4) is 0 Å². The van der Waals surface area contributed by atoms with Gasteiger partial charge in [0, 0.05) is 12.0 Å². The molecule has 1 atom stereocenters. The molecular formula is C14H14N2O5. The quantitative estimate of drug-likeness (QED) is 0.503. The van der Waals surface area contributed by atoms with Gasteiger partial charge in [0.2, 0.25) is 5.91 Å². The fourth-order valence-electron chi connectivity index (χ4n) is 2.19. The highest BCUT2D eigenvalue weighted by atomic mass is 16.6. The van der Waals surface area contributed by atoms with E-state index >= 15 is 0 Å². The highest BCUT2D eigenvalue weighted by Gasteiger charge is 2.23. The van der Waals surface area contributed by atoms with Gasteiger partial charge in [-0.05, 0) is 31.4 Å². The lowest BCUT2D eigenvalue weighted by atomic mass is 9.93. The molecule has 0 radical (unpaired) electrons. The first-order chi connectivity index (χ1) is 9.99. The molecule has 0 bridgehead atoms. The monoisotopic (exact) mass is 290 g/mol. The minimum atomic E-state index is -1.26. The van der Waals surface area contributed by atoms with Crippen LogP contribution >= 0.6 is 0 Å². The topological polar surface area (TPSA) is 110 Å². The number of carboxylic acids is 1. The molecule has 0 heterocycles. The number of amides is 1. The smallest absolute Gasteiger partial charge is 0.335 e. The molecule has 1 aliphatic carbocycles. The Bertz CT molecular complexity index is 624. The van der Waals surface area contributed by atoms with Crippen molar-refractivity contribution in [3.63, 3.8) is 0 Å². The second-order valence-electron chi connectivity index (χ2n) is 4.76. The van der Waals surface area contributed by atoms with Crippen molar-refractivity contribution in [2.24, 2.45) is 5.92 Å². The van der Waals surface area contributed by atoms with E-state index in [1.54, 1.807) is 0 Å². The lowest BCUT2D eigenvalue weighted by Crippen LogP contribution is -2.24. The fraction of sp³-hybridized carbons (Fsp3) is 0.286. The summed E-state index contributed by atoms with van der Waals surface area (Å²) in [6, 6.07) is 3.42. The van der Waals surface area contributed by atoms with E-state index in [4.69, 9.17) is 5.11 Å². The number of nitrogens with one attached hydrogen (secondary N) is 1. The Morgan fingerprint density at radius 3 is 2.67 bits per heavy atom. The summed E-state index contributed by atoms with van der Waals surface area (Å²) in [6.45, 7) is 0. The first kappa shape index (κ1) is 14.7. The molecular weight excluding hydrogens is 276 g/mol. The average Bonchev–Trinajstić information content (AvgIpc) is 2.48. The Kier molecular flexibility index (Phi) is 4.32. The number of carboxylic acid groups (broad SMARTS) is 1. The minimum Gasteiger partial charge on any atom is -0.478 e. The predicted octanol–water partition coefficient (Wildman–Crippen LogP) is 2.59. The molecule has 1 aromatic carbocycles. The maximum atomic E-state index is 12.1. The van der Waals surface area contributed by atoms with Crippen LogP contribution in [-0.2, 0) is 4.79 Å². The molecule has 2 rings (SSSR count). The first-order valence-electron chi connectivity index (χ1n) is 6.46. The van der Waals surface area contributed by atoms with E-state index in [1.807, 2.05) is 12.2 Å². The highest BCUT2D eigenvalue weighted by Crippen LogP contribution is 2.27. The van der Waals surface area contributed by atoms with Crippen molar-refractivity contribution in [3.05, 3.63) is 46.0 Å². The molecule has 1 amide bonds. The lowest BCUT2D eigenvalue weighted by Gasteiger charge is -2.17. The van der Waals surface area contributed by atoms with Crippen LogP contribution < -0.4 is 5.32 Å². The van der Waals surface area contributed by atoms with Crippen molar-refractivity contribution in [1.82, 2.24) is 0 Å². The molecule has 0 aliphatic heterocycles. The summed E-state index contributed by atoms with van der Waals surface area (Å²) < 4.78 is 0. The van der Waals surface area contributed by atoms with Crippen LogP contribution in [0.3, 0.4) is 0 Å². The molecule has 0 aromatic heterocycles. The summed E-state index contributed by atoms with van der Waals surface area (Å²) in [6.07, 6.45) is 6.01. The van der Waals surface area contributed by atoms with Gasteiger partial charge in [-0.15, -0.1) is 0 Å². The summed E-state index contributed by atoms with van der Waals surface area (Å²) in [5.41, 5.74) is -0.598. The Balaban J connectivity index is 2.22. The lowest BCUT2D eigenvalue weighted by molar-refractivity contribution is -0.384. The minimum absolute atomic E-state index is 0.0181. The maximum absolute atomic E-state index is 12.1. The van der Waals surface area contributed by atoms with Crippen LogP contribution in [0.15, 0.2) is 30.4 Å². The summed E-state index contributed by atoms with van der Waals surface area (Å²) in [5, 5.41) is 22.4. The van der Waals surface area contributed by atoms with Crippen molar-refractivity contribution in [2.45, 2.75) is 19.3 Å². The normalized spacial score (nSPS) is 17.2. The number of nitro benzene ring substituents is 1. The van der Waals surface area contributed by atoms with E-state index in [2.05, 4.69) is 5.32 Å². The molecule has 7 nitrogen and oxygen atoms in total. The van der Waals surface area contributed by atoms with Gasteiger partial charge in [-0.2, -0.15) is 0 Å². The number of allylic oxidation sites excluding steroid dienone is 2. The summed E-state index contributed by atoms with van der Waals surface area (Å²) in [7, 11) is 0. The Hall–Kier alpha value is -2.70. The number of rotatable bonds is 4. The van der Waals surface area contributed by atoms with Gasteiger partial charge >= 0.3 is 5.97 Å². The molecule has 110 valence electrons. The molecule has 1 unspecified atom stereocenters. The Morgan fingerprint density at radius 2 is 2.10 bits per heavy atom. The zero-order chi connectivity index (χ0) is 15.4. The van der Waals surface area contributed by atoms with Crippen molar-refractivity contribution in [1.29, 1.82) is 0 Å². The predicted molar refractivity (Wildman–Crippen MR) is 75.2 cm³/mol. The van der Waals surface area contributed by atoms with E-state index in [-0.39, 0.29) is 23.1 Å². The van der Waals surface area contributed by atoms with E-state index in [9.17, 15) is 19.7 Å². The summed E-state index contributed by atoms with van der Waals surface area (Å²) >= 11 is 0. The van der Waals surface area contributed by atoms with E-state index in [0.29, 0.717) is 12.8 Å². The van der Waals surface area contributed by atoms with Crippen LogP contribution in [0, 0.1) is 16.0 Å². The number of anilines is 1. The summed E-state index contributed by atoms with van der Waals surface area (Å²) in [5.74, 6) is -1.76. The second-order valence-corrected chi connectivity index (χ2v) is 4.76. The van der Waals surface area contributed by atoms with Gasteiger partial charge in [0.1, 0.15) is 5.69 Å². The van der Waals surface area contributed by atoms with Gasteiger partial charge in [-0.1, -0.05) is 12.2 Å². The SMILES string of the molecule is O=C(O)c1ccc(NC(=O)C2CC=CCC2)c([N+](=O)[O-])c1. The molecule has 0 saturated carbocycles. The van der Waals surface area contributed by atoms with Crippen molar-refractivity contribution >= 4 is 23.3 Å². The number of nitrogens with zero attached hydrogens (tertiary/aromatic N) is 1. The van der Waals surface area contributed by atoms with Gasteiger partial charge in [0.15, 0.2) is 0 Å². The van der Waals surface area contributed by atoms with Crippen LogP contribution in [-0.4, -0.2) is 21.9 Å². The third-order valence-electron chi connectivity index (χ3n) is 3.34. The van der Waals surface area contributed by atoms with Gasteiger partial charge in [-0.25, -0.2) is 4.79 Å². The zero-order valence-corrected chi connectivity index (χ0v) is 11.1. The highest BCUT2D eigenvalue weighted by molar-refractivity contribution is 5.96. The van der Waals surface area contributed by atoms with Crippen LogP contribution in [0.25, 0.3) is 0 Å². The van der Waals surface area contributed by atoms with E-state index < -0.39 is 16.6 Å². The molecule has 7 heteroatoms. The number of carbonyl (C=O) groups excluding carboxylic acids is 1. The Labute approximate surface area is 120 Å². The van der Waals surface area contributed by atoms with E-state index in [1.165, 1.54) is 12.1 Å². The molecule has 0 spiro atoms. The number of benzene rings is 1. The summed E-state index contributed by atoms with van der Waals surface area (Å²) in [4.78, 5) is 33.2. The standard InChI is InChI=1S/C14H14N2O5/c17-13(9-4-2-1-3-5-9)15-11-7-6-10(14(18)19)8-12(11)16(20)21/h1-2,6-9H,3-5H2,(H,15,17)(H,18,19). The van der Waals surface area contributed by atoms with Crippen LogP contribution in [0.1, 0.15) is 29.6 Å². The van der Waals surface area contributed by atoms with Gasteiger partial charge in [0.25, 0.3) is 5.69 Å². The number of nitro groups is 1. The first-order valence-corrected chi connectivity index (χ1v) is 6.46. The number of carbonyl (C=O) groups is 2. The molecule has 21 heavy (non-hydrogen) atoms. The zero-order valence-electron chi connectivity index (χ0n) is 11.1. The van der Waals surface area contributed by atoms with Crippen LogP contribution in [0.2, 0.25) is 0 Å². The second kappa shape index (κ2) is 6.17. The third kappa shape index (κ3) is 3.44. The van der Waals surface area contributed by atoms with Crippen LogP contribution in [0.5, 0.6) is 0 Å². The fourth-order valence-corrected chi connectivity index (χ4v) is 2.19. The van der Waals surface area contributed by atoms with Gasteiger partial charge < -0.3 is 10.4 Å². The van der Waals surface area contributed by atoms with Gasteiger partial charge in [-0.3, -0.25) is 14.9 Å². The largest absolute Gasteiger partial charge is 0.478 e. The number of hydrogen-bond acceptors (Lipinski definition) is 4. The van der Waals surface area contributed by atoms with E-state index in [0.717, 1.165) is 12.5 Å². The molecule has 2 N–H and O–H groups in total. The van der Waals surface area contributed by atoms with Crippen molar-refractivity contribution in [2.75, 3.05) is 5.32 Å². The molecule has 0 fully saturated rings. The Morgan fingerprint density at radius 1 is 1.33 bits per heavy atom. The maximum Gasteiger partial charge on any atom is 0.335 e. The van der Waals surface area contributed by atoms with Crippen molar-refractivity contribution < 1.29 is 19.6 Å². The number of aromatic carboxylic acids is 1.